The van der Waals surface area contributed by atoms with Crippen LogP contribution in [0.2, 0.25) is 5.15 Å². The van der Waals surface area contributed by atoms with E-state index in [1.54, 1.807) is 0 Å². The summed E-state index contributed by atoms with van der Waals surface area (Å²) in [6.45, 7) is -0.0272. The first-order valence-corrected chi connectivity index (χ1v) is 6.60. The van der Waals surface area contributed by atoms with Crippen LogP contribution < -0.4 is 5.32 Å². The maximum Gasteiger partial charge on any atom is 0.432 e. The van der Waals surface area contributed by atoms with E-state index in [9.17, 15) is 18.0 Å². The number of aromatic nitrogens is 3. The minimum atomic E-state index is -4.48. The van der Waals surface area contributed by atoms with Gasteiger partial charge in [-0.15, -0.1) is 0 Å². The molecule has 0 atom stereocenters. The molecule has 0 aliphatic heterocycles. The lowest BCUT2D eigenvalue weighted by Gasteiger charge is -2.01. The maximum absolute atomic E-state index is 12.4. The van der Waals surface area contributed by atoms with Crippen molar-refractivity contribution >= 4 is 34.0 Å². The van der Waals surface area contributed by atoms with Gasteiger partial charge in [0.15, 0.2) is 15.2 Å². The Morgan fingerprint density at radius 1 is 1.57 bits per heavy atom. The molecule has 2 N–H and O–H groups in total. The van der Waals surface area contributed by atoms with Gasteiger partial charge in [0, 0.05) is 0 Å². The number of halogens is 4. The summed E-state index contributed by atoms with van der Waals surface area (Å²) in [5.74, 6) is -0.559. The second kappa shape index (κ2) is 5.90. The van der Waals surface area contributed by atoms with Gasteiger partial charge in [0.1, 0.15) is 11.5 Å². The Labute approximate surface area is 125 Å². The summed E-state index contributed by atoms with van der Waals surface area (Å²) in [6, 6.07) is 0. The van der Waals surface area contributed by atoms with Crippen LogP contribution in [0.1, 0.15) is 21.2 Å². The van der Waals surface area contributed by atoms with E-state index in [4.69, 9.17) is 11.6 Å². The number of imidazole rings is 1. The first-order valence-electron chi connectivity index (χ1n) is 5.41. The second-order valence-corrected chi connectivity index (χ2v) is 5.08. The van der Waals surface area contributed by atoms with Crippen molar-refractivity contribution < 1.29 is 22.7 Å². The molecule has 2 aromatic rings. The number of esters is 1. The van der Waals surface area contributed by atoms with Crippen molar-refractivity contribution in [2.45, 2.75) is 12.7 Å². The van der Waals surface area contributed by atoms with Gasteiger partial charge in [-0.1, -0.05) is 22.9 Å². The van der Waals surface area contributed by atoms with Crippen LogP contribution in [0.3, 0.4) is 0 Å². The van der Waals surface area contributed by atoms with E-state index in [0.717, 1.165) is 11.3 Å². The molecule has 0 amide bonds. The Balaban J connectivity index is 2.03. The molecule has 0 radical (unpaired) electrons. The lowest BCUT2D eigenvalue weighted by Crippen LogP contribution is -2.06. The van der Waals surface area contributed by atoms with Crippen LogP contribution in [0.15, 0.2) is 6.20 Å². The highest BCUT2D eigenvalue weighted by Gasteiger charge is 2.32. The average molecular weight is 341 g/mol. The van der Waals surface area contributed by atoms with Gasteiger partial charge in [0.25, 0.3) is 0 Å². The molecule has 0 aromatic carbocycles. The van der Waals surface area contributed by atoms with Crippen LogP contribution in [0.4, 0.5) is 18.3 Å². The number of methoxy groups -OCH3 is 1. The molecule has 0 fully saturated rings. The van der Waals surface area contributed by atoms with Gasteiger partial charge in [-0.05, 0) is 0 Å². The quantitative estimate of drug-likeness (QED) is 0.836. The van der Waals surface area contributed by atoms with E-state index in [2.05, 4.69) is 25.0 Å². The fraction of sp³-hybridized carbons (Fsp3) is 0.300. The highest BCUT2D eigenvalue weighted by molar-refractivity contribution is 7.18. The van der Waals surface area contributed by atoms with Crippen molar-refractivity contribution in [3.8, 4) is 0 Å². The number of nitrogens with zero attached hydrogens (tertiary/aromatic N) is 2. The maximum atomic E-state index is 12.4. The highest BCUT2D eigenvalue weighted by Crippen LogP contribution is 2.29. The van der Waals surface area contributed by atoms with Gasteiger partial charge in [-0.2, -0.15) is 13.2 Å². The van der Waals surface area contributed by atoms with E-state index < -0.39 is 17.8 Å². The van der Waals surface area contributed by atoms with Crippen molar-refractivity contribution in [2.75, 3.05) is 12.4 Å². The molecule has 0 spiro atoms. The van der Waals surface area contributed by atoms with Crippen LogP contribution in [0, 0.1) is 0 Å². The summed E-state index contributed by atoms with van der Waals surface area (Å²) < 4.78 is 41.6. The monoisotopic (exact) mass is 340 g/mol. The second-order valence-electron chi connectivity index (χ2n) is 3.73. The third kappa shape index (κ3) is 3.64. The predicted molar refractivity (Wildman–Crippen MR) is 69.4 cm³/mol. The predicted octanol–water partition coefficient (Wildman–Crippen LogP) is 2.94. The highest BCUT2D eigenvalue weighted by atomic mass is 35.5. The molecule has 0 unspecified atom stereocenters. The van der Waals surface area contributed by atoms with Crippen molar-refractivity contribution in [3.05, 3.63) is 27.7 Å². The van der Waals surface area contributed by atoms with Crippen LogP contribution in [-0.4, -0.2) is 28.0 Å². The molecule has 0 bridgehead atoms. The zero-order chi connectivity index (χ0) is 15.6. The summed E-state index contributed by atoms with van der Waals surface area (Å²) in [7, 11) is 1.20. The Morgan fingerprint density at radius 2 is 2.29 bits per heavy atom. The number of rotatable bonds is 4. The minimum absolute atomic E-state index is 0.0272. The van der Waals surface area contributed by atoms with Gasteiger partial charge in [0.05, 0.1) is 19.9 Å². The van der Waals surface area contributed by atoms with Crippen LogP contribution >= 0.6 is 22.9 Å². The molecule has 0 saturated carbocycles. The fourth-order valence-electron chi connectivity index (χ4n) is 1.35. The fourth-order valence-corrected chi connectivity index (χ4v) is 2.45. The molecule has 2 aromatic heterocycles. The topological polar surface area (TPSA) is 79.9 Å². The van der Waals surface area contributed by atoms with Gasteiger partial charge in [-0.3, -0.25) is 0 Å². The first kappa shape index (κ1) is 15.6. The number of H-pyrrole nitrogens is 1. The summed E-state index contributed by atoms with van der Waals surface area (Å²) >= 11 is 6.68. The molecule has 0 aliphatic carbocycles. The lowest BCUT2D eigenvalue weighted by atomic mass is 10.5. The summed E-state index contributed by atoms with van der Waals surface area (Å²) in [6.07, 6.45) is -3.78. The number of carbonyl (C=O) groups excluding carboxylic acids is 1. The SMILES string of the molecule is COC(=O)c1sc(NCc2ncc(C(F)(F)F)[nH]2)nc1Cl. The van der Waals surface area contributed by atoms with Crippen LogP contribution in [-0.2, 0) is 17.5 Å². The number of hydrogen-bond acceptors (Lipinski definition) is 6. The average Bonchev–Trinajstić information content (AvgIpc) is 3.01. The normalized spacial score (nSPS) is 11.5. The van der Waals surface area contributed by atoms with E-state index in [1.807, 2.05) is 0 Å². The molecule has 0 aliphatic rings. The molecule has 11 heteroatoms. The molecule has 2 heterocycles. The van der Waals surface area contributed by atoms with E-state index in [1.165, 1.54) is 7.11 Å². The van der Waals surface area contributed by atoms with Crippen molar-refractivity contribution in [1.82, 2.24) is 15.0 Å². The number of thiazole rings is 1. The van der Waals surface area contributed by atoms with E-state index in [0.29, 0.717) is 6.20 Å². The third-order valence-corrected chi connectivity index (χ3v) is 3.68. The molecular formula is C10H8ClF3N4O2S. The summed E-state index contributed by atoms with van der Waals surface area (Å²) in [4.78, 5) is 21.0. The number of alkyl halides is 3. The molecule has 6 nitrogen and oxygen atoms in total. The standard InChI is InChI=1S/C10H8ClF3N4O2S/c1-20-8(19)6-7(11)18-9(21-6)16-3-5-15-2-4(17-5)10(12,13)14/h2H,3H2,1H3,(H,15,17)(H,16,18). The number of aromatic amines is 1. The molecule has 21 heavy (non-hydrogen) atoms. The first-order chi connectivity index (χ1) is 9.81. The molecule has 0 saturated heterocycles. The number of hydrogen-bond donors (Lipinski definition) is 2. The van der Waals surface area contributed by atoms with Gasteiger partial charge < -0.3 is 15.0 Å². The summed E-state index contributed by atoms with van der Waals surface area (Å²) in [5.41, 5.74) is -0.938. The van der Waals surface area contributed by atoms with Crippen molar-refractivity contribution in [1.29, 1.82) is 0 Å². The van der Waals surface area contributed by atoms with Gasteiger partial charge in [-0.25, -0.2) is 14.8 Å². The third-order valence-electron chi connectivity index (χ3n) is 2.30. The molecule has 2 rings (SSSR count). The lowest BCUT2D eigenvalue weighted by molar-refractivity contribution is -0.140. The zero-order valence-corrected chi connectivity index (χ0v) is 12.0. The Hall–Kier alpha value is -1.81. The molecular weight excluding hydrogens is 333 g/mol. The van der Waals surface area contributed by atoms with Crippen LogP contribution in [0.5, 0.6) is 0 Å². The minimum Gasteiger partial charge on any atom is -0.465 e. The van der Waals surface area contributed by atoms with Crippen LogP contribution in [0.25, 0.3) is 0 Å². The largest absolute Gasteiger partial charge is 0.465 e. The van der Waals surface area contributed by atoms with E-state index in [-0.39, 0.29) is 27.5 Å². The Kier molecular flexibility index (Phi) is 4.37. The number of ether oxygens (including phenoxy) is 1. The van der Waals surface area contributed by atoms with Gasteiger partial charge >= 0.3 is 12.1 Å². The Morgan fingerprint density at radius 3 is 2.86 bits per heavy atom. The summed E-state index contributed by atoms with van der Waals surface area (Å²) in [5, 5.41) is 2.95. The Bertz CT molecular complexity index is 655. The number of anilines is 1. The smallest absolute Gasteiger partial charge is 0.432 e. The van der Waals surface area contributed by atoms with E-state index >= 15 is 0 Å². The van der Waals surface area contributed by atoms with Gasteiger partial charge in [0.2, 0.25) is 0 Å². The zero-order valence-electron chi connectivity index (χ0n) is 10.4. The van der Waals surface area contributed by atoms with Crippen molar-refractivity contribution in [2.24, 2.45) is 0 Å². The van der Waals surface area contributed by atoms with Crippen molar-refractivity contribution in [3.63, 3.8) is 0 Å². The number of carbonyl (C=O) groups is 1. The molecule has 114 valence electrons. The number of nitrogens with one attached hydrogen (secondary N) is 2.